The molecule has 0 saturated carbocycles. The molecule has 0 radical (unpaired) electrons. The Morgan fingerprint density at radius 2 is 2.09 bits per heavy atom. The summed E-state index contributed by atoms with van der Waals surface area (Å²) >= 11 is 1.72. The van der Waals surface area contributed by atoms with Crippen molar-refractivity contribution in [3.63, 3.8) is 0 Å². The maximum absolute atomic E-state index is 5.24. The van der Waals surface area contributed by atoms with Gasteiger partial charge in [-0.1, -0.05) is 12.1 Å². The molecule has 1 aromatic carbocycles. The fourth-order valence-corrected chi connectivity index (χ4v) is 3.09. The van der Waals surface area contributed by atoms with Gasteiger partial charge >= 0.3 is 0 Å². The van der Waals surface area contributed by atoms with E-state index in [0.717, 1.165) is 18.1 Å². The Bertz CT molecular complexity index is 704. The van der Waals surface area contributed by atoms with Crippen LogP contribution >= 0.6 is 11.3 Å². The summed E-state index contributed by atoms with van der Waals surface area (Å²) < 4.78 is 7.29. The number of benzene rings is 1. The first-order valence-electron chi connectivity index (χ1n) is 7.13. The van der Waals surface area contributed by atoms with Crippen LogP contribution in [0.2, 0.25) is 0 Å². The van der Waals surface area contributed by atoms with E-state index in [-0.39, 0.29) is 6.04 Å². The predicted molar refractivity (Wildman–Crippen MR) is 89.2 cm³/mol. The molecule has 0 fully saturated rings. The zero-order valence-corrected chi connectivity index (χ0v) is 13.5. The Balaban J connectivity index is 1.86. The summed E-state index contributed by atoms with van der Waals surface area (Å²) in [5, 5.41) is 7.86. The van der Waals surface area contributed by atoms with Crippen LogP contribution in [0.15, 0.2) is 53.5 Å². The van der Waals surface area contributed by atoms with E-state index in [2.05, 4.69) is 43.8 Å². The molecule has 22 heavy (non-hydrogen) atoms. The van der Waals surface area contributed by atoms with Crippen LogP contribution < -0.4 is 10.1 Å². The van der Waals surface area contributed by atoms with Gasteiger partial charge in [-0.3, -0.25) is 5.32 Å². The van der Waals surface area contributed by atoms with Crippen LogP contribution in [0, 0.1) is 0 Å². The molecular weight excluding hydrogens is 294 g/mol. The Labute approximate surface area is 134 Å². The minimum atomic E-state index is 0.0470. The third-order valence-electron chi connectivity index (χ3n) is 3.66. The fourth-order valence-electron chi connectivity index (χ4n) is 2.42. The molecule has 3 aromatic rings. The van der Waals surface area contributed by atoms with Gasteiger partial charge in [0.15, 0.2) is 0 Å². The highest BCUT2D eigenvalue weighted by Gasteiger charge is 2.18. The number of ether oxygens (including phenoxy) is 1. The van der Waals surface area contributed by atoms with Gasteiger partial charge in [0.1, 0.15) is 11.6 Å². The van der Waals surface area contributed by atoms with Crippen molar-refractivity contribution in [2.24, 2.45) is 7.05 Å². The Morgan fingerprint density at radius 3 is 2.68 bits per heavy atom. The number of nitrogens with one attached hydrogen (secondary N) is 1. The molecule has 2 aromatic heterocycles. The zero-order chi connectivity index (χ0) is 15.4. The molecule has 0 amide bonds. The lowest BCUT2D eigenvalue weighted by Gasteiger charge is -2.19. The van der Waals surface area contributed by atoms with Crippen molar-refractivity contribution in [3.05, 3.63) is 70.4 Å². The van der Waals surface area contributed by atoms with Crippen LogP contribution in [0.4, 0.5) is 0 Å². The molecule has 0 saturated heterocycles. The smallest absolute Gasteiger partial charge is 0.130 e. The number of imidazole rings is 1. The van der Waals surface area contributed by atoms with E-state index in [1.54, 1.807) is 18.4 Å². The molecule has 0 aliphatic heterocycles. The van der Waals surface area contributed by atoms with Gasteiger partial charge in [0, 0.05) is 26.0 Å². The predicted octanol–water partition coefficient (Wildman–Crippen LogP) is 3.37. The fraction of sp³-hybridized carbons (Fsp3) is 0.235. The summed E-state index contributed by atoms with van der Waals surface area (Å²) in [4.78, 5) is 4.51. The summed E-state index contributed by atoms with van der Waals surface area (Å²) in [5.41, 5.74) is 2.46. The Morgan fingerprint density at radius 1 is 1.27 bits per heavy atom. The lowest BCUT2D eigenvalue weighted by molar-refractivity contribution is 0.414. The van der Waals surface area contributed by atoms with E-state index in [1.807, 2.05) is 31.6 Å². The molecule has 1 N–H and O–H groups in total. The summed E-state index contributed by atoms with van der Waals surface area (Å²) in [6.07, 6.45) is 3.80. The van der Waals surface area contributed by atoms with E-state index >= 15 is 0 Å². The Kier molecular flexibility index (Phi) is 4.56. The van der Waals surface area contributed by atoms with E-state index in [0.29, 0.717) is 0 Å². The summed E-state index contributed by atoms with van der Waals surface area (Å²) in [7, 11) is 3.70. The number of hydrogen-bond donors (Lipinski definition) is 1. The van der Waals surface area contributed by atoms with Crippen molar-refractivity contribution < 1.29 is 4.74 Å². The molecule has 3 rings (SSSR count). The first-order valence-corrected chi connectivity index (χ1v) is 8.08. The van der Waals surface area contributed by atoms with Crippen molar-refractivity contribution in [1.29, 1.82) is 0 Å². The molecule has 1 unspecified atom stereocenters. The largest absolute Gasteiger partial charge is 0.497 e. The second-order valence-corrected chi connectivity index (χ2v) is 5.90. The van der Waals surface area contributed by atoms with Gasteiger partial charge in [-0.05, 0) is 40.1 Å². The van der Waals surface area contributed by atoms with Crippen molar-refractivity contribution in [1.82, 2.24) is 14.9 Å². The third kappa shape index (κ3) is 3.21. The Hall–Kier alpha value is -2.11. The van der Waals surface area contributed by atoms with E-state index in [9.17, 15) is 0 Å². The number of methoxy groups -OCH3 is 1. The summed E-state index contributed by atoms with van der Waals surface area (Å²) in [6.45, 7) is 0.813. The van der Waals surface area contributed by atoms with Gasteiger partial charge in [-0.2, -0.15) is 11.3 Å². The average molecular weight is 313 g/mol. The van der Waals surface area contributed by atoms with Gasteiger partial charge in [0.05, 0.1) is 13.2 Å². The molecule has 0 aliphatic rings. The van der Waals surface area contributed by atoms with Crippen molar-refractivity contribution in [2.45, 2.75) is 12.6 Å². The maximum atomic E-state index is 5.24. The normalized spacial score (nSPS) is 12.3. The third-order valence-corrected chi connectivity index (χ3v) is 4.39. The lowest BCUT2D eigenvalue weighted by Crippen LogP contribution is -2.24. The van der Waals surface area contributed by atoms with E-state index in [4.69, 9.17) is 4.74 Å². The minimum Gasteiger partial charge on any atom is -0.497 e. The zero-order valence-electron chi connectivity index (χ0n) is 12.7. The van der Waals surface area contributed by atoms with Gasteiger partial charge in [0.2, 0.25) is 0 Å². The number of thiophene rings is 1. The van der Waals surface area contributed by atoms with E-state index < -0.39 is 0 Å². The minimum absolute atomic E-state index is 0.0470. The molecule has 1 atom stereocenters. The van der Waals surface area contributed by atoms with Gasteiger partial charge in [-0.15, -0.1) is 0 Å². The topological polar surface area (TPSA) is 39.1 Å². The second kappa shape index (κ2) is 6.77. The standard InChI is InChI=1S/C17H19N3OS/c1-20-9-8-18-17(20)16(19-11-13-7-10-22-12-13)14-3-5-15(21-2)6-4-14/h3-10,12,16,19H,11H2,1-2H3. The number of aryl methyl sites for hydroxylation is 1. The number of nitrogens with zero attached hydrogens (tertiary/aromatic N) is 2. The summed E-state index contributed by atoms with van der Waals surface area (Å²) in [5.74, 6) is 1.86. The van der Waals surface area contributed by atoms with Crippen LogP contribution in [0.3, 0.4) is 0 Å². The quantitative estimate of drug-likeness (QED) is 0.758. The van der Waals surface area contributed by atoms with Crippen LogP contribution in [-0.4, -0.2) is 16.7 Å². The molecule has 2 heterocycles. The van der Waals surface area contributed by atoms with Crippen molar-refractivity contribution in [2.75, 3.05) is 7.11 Å². The monoisotopic (exact) mass is 313 g/mol. The highest BCUT2D eigenvalue weighted by molar-refractivity contribution is 7.07. The van der Waals surface area contributed by atoms with Gasteiger partial charge in [-0.25, -0.2) is 4.98 Å². The number of aromatic nitrogens is 2. The van der Waals surface area contributed by atoms with Crippen molar-refractivity contribution >= 4 is 11.3 Å². The average Bonchev–Trinajstić information content (AvgIpc) is 3.20. The molecule has 0 spiro atoms. The lowest BCUT2D eigenvalue weighted by atomic mass is 10.1. The first kappa shape index (κ1) is 14.8. The summed E-state index contributed by atoms with van der Waals surface area (Å²) in [6, 6.07) is 10.3. The van der Waals surface area contributed by atoms with Crippen LogP contribution in [0.25, 0.3) is 0 Å². The molecule has 0 bridgehead atoms. The van der Waals surface area contributed by atoms with Crippen LogP contribution in [0.1, 0.15) is 23.0 Å². The second-order valence-electron chi connectivity index (χ2n) is 5.12. The SMILES string of the molecule is COc1ccc(C(NCc2ccsc2)c2nccn2C)cc1. The molecule has 5 heteroatoms. The maximum Gasteiger partial charge on any atom is 0.130 e. The van der Waals surface area contributed by atoms with Crippen molar-refractivity contribution in [3.8, 4) is 5.75 Å². The highest BCUT2D eigenvalue weighted by Crippen LogP contribution is 2.23. The first-order chi connectivity index (χ1) is 10.8. The van der Waals surface area contributed by atoms with E-state index in [1.165, 1.54) is 11.1 Å². The van der Waals surface area contributed by atoms with Gasteiger partial charge in [0.25, 0.3) is 0 Å². The number of rotatable bonds is 6. The molecule has 114 valence electrons. The molecule has 0 aliphatic carbocycles. The van der Waals surface area contributed by atoms with Crippen LogP contribution in [0.5, 0.6) is 5.75 Å². The highest BCUT2D eigenvalue weighted by atomic mass is 32.1. The molecule has 4 nitrogen and oxygen atoms in total. The molecular formula is C17H19N3OS. The number of hydrogen-bond acceptors (Lipinski definition) is 4. The van der Waals surface area contributed by atoms with Gasteiger partial charge < -0.3 is 9.30 Å². The van der Waals surface area contributed by atoms with Crippen LogP contribution in [-0.2, 0) is 13.6 Å².